The quantitative estimate of drug-likeness (QED) is 0.270. The maximum absolute atomic E-state index is 12.9. The number of ether oxygens (including phenoxy) is 4. The number of alkyl halides is 2. The maximum Gasteiger partial charge on any atom is 0.387 e. The smallest absolute Gasteiger partial charge is 0.387 e. The first-order valence-corrected chi connectivity index (χ1v) is 12.7. The monoisotopic (exact) mass is 573 g/mol. The summed E-state index contributed by atoms with van der Waals surface area (Å²) in [5, 5.41) is 0.598. The van der Waals surface area contributed by atoms with Crippen molar-refractivity contribution < 1.29 is 42.3 Å². The Kier molecular flexibility index (Phi) is 9.12. The van der Waals surface area contributed by atoms with Gasteiger partial charge in [-0.15, -0.1) is 11.3 Å². The Balaban J connectivity index is 1.56. The first-order chi connectivity index (χ1) is 17.8. The molecule has 3 aromatic rings. The van der Waals surface area contributed by atoms with Crippen molar-refractivity contribution in [3.8, 4) is 11.5 Å². The molecule has 13 heteroatoms. The number of pyridine rings is 1. The van der Waals surface area contributed by atoms with Gasteiger partial charge in [-0.05, 0) is 36.5 Å². The van der Waals surface area contributed by atoms with Crippen LogP contribution in [0.1, 0.15) is 39.7 Å². The molecule has 0 radical (unpaired) electrons. The topological polar surface area (TPSA) is 98.1 Å². The van der Waals surface area contributed by atoms with Crippen LogP contribution in [0.4, 0.5) is 8.78 Å². The largest absolute Gasteiger partial charge is 0.489 e. The molecule has 1 aliphatic rings. The van der Waals surface area contributed by atoms with E-state index in [4.69, 9.17) is 37.4 Å². The predicted octanol–water partition coefficient (Wildman–Crippen LogP) is 5.34. The minimum absolute atomic E-state index is 0.0397. The van der Waals surface area contributed by atoms with E-state index < -0.39 is 31.3 Å². The lowest BCUT2D eigenvalue weighted by atomic mass is 10.0. The van der Waals surface area contributed by atoms with Crippen molar-refractivity contribution in [1.29, 1.82) is 0 Å². The molecule has 37 heavy (non-hydrogen) atoms. The predicted molar refractivity (Wildman–Crippen MR) is 129 cm³/mol. The van der Waals surface area contributed by atoms with Gasteiger partial charge in [0.2, 0.25) is 0 Å². The van der Waals surface area contributed by atoms with Crippen LogP contribution in [0.5, 0.6) is 11.5 Å². The van der Waals surface area contributed by atoms with E-state index in [-0.39, 0.29) is 22.8 Å². The van der Waals surface area contributed by atoms with Crippen LogP contribution in [0, 0.1) is 5.92 Å². The standard InChI is InChI=1S/C24H20Cl2F2N2O6S/c25-16-7-29-8-17(26)15(16)6-19(35-22(31)11-34-23(32)21-9-30-12-37-21)14-3-4-18(36-24(27)28)20(5-14)33-10-13-1-2-13/h3-5,7-9,12-13,19,24H,1-2,6,10-11H2/p+1/t19-/m0/s1. The summed E-state index contributed by atoms with van der Waals surface area (Å²) < 4.78 is 46.9. The van der Waals surface area contributed by atoms with Crippen molar-refractivity contribution in [1.82, 2.24) is 4.98 Å². The first-order valence-electron chi connectivity index (χ1n) is 11.1. The average Bonchev–Trinajstić information content (AvgIpc) is 3.53. The molecule has 1 N–H and O–H groups in total. The van der Waals surface area contributed by atoms with Gasteiger partial charge in [-0.1, -0.05) is 29.3 Å². The number of esters is 2. The van der Waals surface area contributed by atoms with Crippen LogP contribution in [0.15, 0.2) is 42.3 Å². The van der Waals surface area contributed by atoms with E-state index in [1.165, 1.54) is 42.3 Å². The Hall–Kier alpha value is -3.02. The fourth-order valence-electron chi connectivity index (χ4n) is 3.31. The van der Waals surface area contributed by atoms with Crippen molar-refractivity contribution >= 4 is 46.5 Å². The number of benzene rings is 1. The molecule has 0 aliphatic heterocycles. The van der Waals surface area contributed by atoms with E-state index in [2.05, 4.69) is 14.7 Å². The lowest BCUT2D eigenvalue weighted by molar-refractivity contribution is -0.377. The van der Waals surface area contributed by atoms with E-state index in [0.717, 1.165) is 24.2 Å². The zero-order valence-corrected chi connectivity index (χ0v) is 21.5. The second kappa shape index (κ2) is 12.5. The highest BCUT2D eigenvalue weighted by Crippen LogP contribution is 2.37. The van der Waals surface area contributed by atoms with Gasteiger partial charge < -0.3 is 18.9 Å². The highest BCUT2D eigenvalue weighted by atomic mass is 35.5. The average molecular weight is 574 g/mol. The number of aromatic amines is 1. The second-order valence-electron chi connectivity index (χ2n) is 8.09. The summed E-state index contributed by atoms with van der Waals surface area (Å²) in [6, 6.07) is 4.26. The molecule has 8 nitrogen and oxygen atoms in total. The molecule has 1 aliphatic carbocycles. The van der Waals surface area contributed by atoms with Crippen LogP contribution >= 0.6 is 34.5 Å². The molecular formula is C24H21Cl2F2N2O6S+. The molecule has 1 atom stereocenters. The molecule has 0 spiro atoms. The van der Waals surface area contributed by atoms with Crippen molar-refractivity contribution in [2.75, 3.05) is 13.2 Å². The van der Waals surface area contributed by atoms with Crippen LogP contribution in [-0.2, 0) is 20.7 Å². The molecule has 1 aromatic carbocycles. The number of nitrogens with zero attached hydrogens (tertiary/aromatic N) is 1. The van der Waals surface area contributed by atoms with Crippen LogP contribution in [0.25, 0.3) is 0 Å². The number of aromatic nitrogens is 2. The Morgan fingerprint density at radius 2 is 1.92 bits per heavy atom. The lowest BCUT2D eigenvalue weighted by Crippen LogP contribution is -2.20. The number of halogens is 4. The number of carbonyl (C=O) groups excluding carboxylic acids is 2. The van der Waals surface area contributed by atoms with Crippen molar-refractivity contribution in [2.45, 2.75) is 32.0 Å². The normalized spacial score (nSPS) is 13.8. The van der Waals surface area contributed by atoms with E-state index in [9.17, 15) is 18.4 Å². The lowest BCUT2D eigenvalue weighted by Gasteiger charge is -2.21. The zero-order valence-electron chi connectivity index (χ0n) is 19.1. The van der Waals surface area contributed by atoms with Gasteiger partial charge in [0.05, 0.1) is 18.3 Å². The van der Waals surface area contributed by atoms with Crippen molar-refractivity contribution in [3.63, 3.8) is 0 Å². The van der Waals surface area contributed by atoms with Gasteiger partial charge in [0.25, 0.3) is 0 Å². The summed E-state index contributed by atoms with van der Waals surface area (Å²) in [5.41, 5.74) is 2.35. The summed E-state index contributed by atoms with van der Waals surface area (Å²) in [4.78, 5) is 31.5. The third-order valence-electron chi connectivity index (χ3n) is 5.34. The van der Waals surface area contributed by atoms with Crippen LogP contribution < -0.4 is 14.5 Å². The third-order valence-corrected chi connectivity index (χ3v) is 6.77. The first kappa shape index (κ1) is 27.0. The van der Waals surface area contributed by atoms with Gasteiger partial charge in [-0.25, -0.2) is 14.6 Å². The molecular weight excluding hydrogens is 553 g/mol. The summed E-state index contributed by atoms with van der Waals surface area (Å²) in [6.45, 7) is -3.36. The number of carbonyl (C=O) groups is 2. The Labute approximate surface area is 224 Å². The molecule has 0 amide bonds. The third kappa shape index (κ3) is 7.73. The van der Waals surface area contributed by atoms with Crippen LogP contribution in [-0.4, -0.2) is 36.7 Å². The number of hydrogen-bond donors (Lipinski definition) is 0. The van der Waals surface area contributed by atoms with Gasteiger partial charge in [-0.3, -0.25) is 4.98 Å². The Bertz CT molecular complexity index is 1220. The van der Waals surface area contributed by atoms with E-state index in [0.29, 0.717) is 33.7 Å². The second-order valence-corrected chi connectivity index (χ2v) is 9.79. The highest BCUT2D eigenvalue weighted by molar-refractivity contribution is 7.11. The van der Waals surface area contributed by atoms with Crippen LogP contribution in [0.3, 0.4) is 0 Å². The van der Waals surface area contributed by atoms with Gasteiger partial charge in [-0.2, -0.15) is 8.78 Å². The summed E-state index contributed by atoms with van der Waals surface area (Å²) in [7, 11) is 0. The van der Waals surface area contributed by atoms with Gasteiger partial charge in [0.1, 0.15) is 21.0 Å². The van der Waals surface area contributed by atoms with Gasteiger partial charge in [0, 0.05) is 12.0 Å². The molecule has 1 fully saturated rings. The van der Waals surface area contributed by atoms with E-state index >= 15 is 0 Å². The van der Waals surface area contributed by atoms with Crippen molar-refractivity contribution in [2.24, 2.45) is 5.92 Å². The highest BCUT2D eigenvalue weighted by Gasteiger charge is 2.26. The summed E-state index contributed by atoms with van der Waals surface area (Å²) in [5.74, 6) is -1.27. The molecule has 0 saturated heterocycles. The fraction of sp³-hybridized carbons (Fsp3) is 0.333. The number of nitrogens with one attached hydrogen (secondary N) is 1. The summed E-state index contributed by atoms with van der Waals surface area (Å²) >= 11 is 13.7. The SMILES string of the molecule is O=C(COC(=O)c1cncs1)O[C@@H](Cc1c(Cl)c[nH+]cc1Cl)c1ccc(OC(F)F)c(OCC2CC2)c1. The molecule has 4 rings (SSSR count). The Morgan fingerprint density at radius 1 is 1.16 bits per heavy atom. The number of thiazole rings is 1. The van der Waals surface area contributed by atoms with Gasteiger partial charge >= 0.3 is 18.6 Å². The Morgan fingerprint density at radius 3 is 2.57 bits per heavy atom. The minimum atomic E-state index is -3.05. The molecule has 196 valence electrons. The number of H-pyrrole nitrogens is 1. The molecule has 0 unspecified atom stereocenters. The molecule has 2 heterocycles. The molecule has 0 bridgehead atoms. The summed E-state index contributed by atoms with van der Waals surface area (Å²) in [6.07, 6.45) is 5.41. The molecule has 1 saturated carbocycles. The van der Waals surface area contributed by atoms with E-state index in [1.54, 1.807) is 0 Å². The maximum atomic E-state index is 12.9. The number of hydrogen-bond acceptors (Lipinski definition) is 8. The zero-order chi connectivity index (χ0) is 26.4. The van der Waals surface area contributed by atoms with E-state index in [1.807, 2.05) is 0 Å². The van der Waals surface area contributed by atoms with Crippen LogP contribution in [0.2, 0.25) is 10.0 Å². The van der Waals surface area contributed by atoms with Crippen molar-refractivity contribution in [3.05, 3.63) is 68.3 Å². The minimum Gasteiger partial charge on any atom is -0.489 e. The van der Waals surface area contributed by atoms with Gasteiger partial charge in [0.15, 0.2) is 30.5 Å². The molecule has 2 aromatic heterocycles. The number of rotatable bonds is 12. The fourth-order valence-corrected chi connectivity index (χ4v) is 4.36.